The monoisotopic (exact) mass is 288 g/mol. The third-order valence-electron chi connectivity index (χ3n) is 4.06. The first-order valence-corrected chi connectivity index (χ1v) is 7.74. The Hall–Kier alpha value is -1.68. The first-order chi connectivity index (χ1) is 10.1. The number of amides is 1. The van der Waals surface area contributed by atoms with Crippen molar-refractivity contribution in [1.29, 1.82) is 0 Å². The van der Waals surface area contributed by atoms with E-state index in [1.54, 1.807) is 24.3 Å². The van der Waals surface area contributed by atoms with Crippen molar-refractivity contribution in [3.63, 3.8) is 0 Å². The Labute approximate surface area is 126 Å². The van der Waals surface area contributed by atoms with Crippen molar-refractivity contribution in [2.24, 2.45) is 0 Å². The van der Waals surface area contributed by atoms with E-state index in [0.29, 0.717) is 5.56 Å². The third kappa shape index (κ3) is 4.39. The number of rotatable bonds is 4. The molecule has 2 rings (SSSR count). The van der Waals surface area contributed by atoms with Crippen molar-refractivity contribution in [2.75, 3.05) is 18.4 Å². The van der Waals surface area contributed by atoms with Gasteiger partial charge in [0.15, 0.2) is 5.78 Å². The van der Waals surface area contributed by atoms with Crippen LogP contribution in [0.2, 0.25) is 0 Å². The molecule has 21 heavy (non-hydrogen) atoms. The fourth-order valence-electron chi connectivity index (χ4n) is 2.81. The summed E-state index contributed by atoms with van der Waals surface area (Å²) in [6, 6.07) is 7.08. The van der Waals surface area contributed by atoms with E-state index in [9.17, 15) is 9.59 Å². The lowest BCUT2D eigenvalue weighted by atomic mass is 10.0. The smallest absolute Gasteiger partial charge is 0.221 e. The maximum absolute atomic E-state index is 12.6. The number of ketones is 1. The zero-order valence-corrected chi connectivity index (χ0v) is 12.9. The van der Waals surface area contributed by atoms with E-state index >= 15 is 0 Å². The molecule has 1 amide bonds. The van der Waals surface area contributed by atoms with Crippen LogP contribution in [0.5, 0.6) is 0 Å². The molecule has 1 aromatic rings. The summed E-state index contributed by atoms with van der Waals surface area (Å²) in [5.74, 6) is 0.0540. The first-order valence-electron chi connectivity index (χ1n) is 7.74. The van der Waals surface area contributed by atoms with Crippen LogP contribution >= 0.6 is 0 Å². The molecule has 0 aliphatic carbocycles. The van der Waals surface area contributed by atoms with Crippen molar-refractivity contribution in [1.82, 2.24) is 4.90 Å². The molecule has 0 radical (unpaired) electrons. The minimum Gasteiger partial charge on any atom is -0.326 e. The summed E-state index contributed by atoms with van der Waals surface area (Å²) in [5, 5.41) is 2.71. The van der Waals surface area contributed by atoms with Crippen LogP contribution in [0.3, 0.4) is 0 Å². The molecule has 4 heteroatoms. The van der Waals surface area contributed by atoms with Crippen molar-refractivity contribution in [3.05, 3.63) is 29.8 Å². The van der Waals surface area contributed by atoms with Gasteiger partial charge in [-0.25, -0.2) is 0 Å². The summed E-state index contributed by atoms with van der Waals surface area (Å²) < 4.78 is 0. The van der Waals surface area contributed by atoms with Gasteiger partial charge in [0.2, 0.25) is 5.91 Å². The topological polar surface area (TPSA) is 49.4 Å². The van der Waals surface area contributed by atoms with Crippen molar-refractivity contribution >= 4 is 17.4 Å². The molecule has 1 fully saturated rings. The second-order valence-electron chi connectivity index (χ2n) is 5.75. The second kappa shape index (κ2) is 7.36. The first kappa shape index (κ1) is 15.7. The van der Waals surface area contributed by atoms with Crippen LogP contribution in [0.4, 0.5) is 5.69 Å². The maximum atomic E-state index is 12.6. The molecule has 0 unspecified atom stereocenters. The van der Waals surface area contributed by atoms with Gasteiger partial charge in [-0.2, -0.15) is 0 Å². The van der Waals surface area contributed by atoms with Crippen LogP contribution in [-0.4, -0.2) is 35.7 Å². The molecule has 1 N–H and O–H groups in total. The molecule has 0 bridgehead atoms. The molecule has 114 valence electrons. The lowest BCUT2D eigenvalue weighted by Gasteiger charge is -2.26. The highest BCUT2D eigenvalue weighted by molar-refractivity contribution is 6.00. The molecular weight excluding hydrogens is 264 g/mol. The van der Waals surface area contributed by atoms with E-state index in [-0.39, 0.29) is 17.7 Å². The standard InChI is InChI=1S/C17H24N2O2/c1-13(19-11-5-3-4-6-12-19)17(21)15-7-9-16(10-8-15)18-14(2)20/h7-10,13H,3-6,11-12H2,1-2H3,(H,18,20)/t13-/m0/s1. The van der Waals surface area contributed by atoms with Crippen LogP contribution in [0, 0.1) is 0 Å². The quantitative estimate of drug-likeness (QED) is 0.866. The predicted octanol–water partition coefficient (Wildman–Crippen LogP) is 3.09. The summed E-state index contributed by atoms with van der Waals surface area (Å²) in [5.41, 5.74) is 1.43. The zero-order chi connectivity index (χ0) is 15.2. The number of nitrogens with zero attached hydrogens (tertiary/aromatic N) is 1. The van der Waals surface area contributed by atoms with Gasteiger partial charge in [0.1, 0.15) is 0 Å². The maximum Gasteiger partial charge on any atom is 0.221 e. The van der Waals surface area contributed by atoms with Gasteiger partial charge < -0.3 is 5.32 Å². The molecule has 0 spiro atoms. The highest BCUT2D eigenvalue weighted by Crippen LogP contribution is 2.17. The number of likely N-dealkylation sites (tertiary alicyclic amines) is 1. The summed E-state index contributed by atoms with van der Waals surface area (Å²) in [7, 11) is 0. The van der Waals surface area contributed by atoms with Crippen LogP contribution in [-0.2, 0) is 4.79 Å². The van der Waals surface area contributed by atoms with Gasteiger partial charge in [0.05, 0.1) is 6.04 Å². The minimum absolute atomic E-state index is 0.0743. The SMILES string of the molecule is CC(=O)Nc1ccc(C(=O)[C@H](C)N2CCCCCC2)cc1. The summed E-state index contributed by atoms with van der Waals surface area (Å²) >= 11 is 0. The van der Waals surface area contributed by atoms with Crippen LogP contribution in [0.25, 0.3) is 0 Å². The van der Waals surface area contributed by atoms with Gasteiger partial charge >= 0.3 is 0 Å². The van der Waals surface area contributed by atoms with Gasteiger partial charge in [0, 0.05) is 18.2 Å². The van der Waals surface area contributed by atoms with Crippen LogP contribution in [0.1, 0.15) is 49.9 Å². The molecule has 1 atom stereocenters. The van der Waals surface area contributed by atoms with E-state index < -0.39 is 0 Å². The summed E-state index contributed by atoms with van der Waals surface area (Å²) in [4.78, 5) is 25.8. The van der Waals surface area contributed by atoms with E-state index in [2.05, 4.69) is 10.2 Å². The molecular formula is C17H24N2O2. The van der Waals surface area contributed by atoms with Crippen molar-refractivity contribution in [2.45, 2.75) is 45.6 Å². The average Bonchev–Trinajstić information content (AvgIpc) is 2.75. The zero-order valence-electron chi connectivity index (χ0n) is 12.9. The largest absolute Gasteiger partial charge is 0.326 e. The molecule has 1 saturated heterocycles. The molecule has 0 saturated carbocycles. The van der Waals surface area contributed by atoms with Gasteiger partial charge in [-0.1, -0.05) is 12.8 Å². The lowest BCUT2D eigenvalue weighted by Crippen LogP contribution is -2.39. The highest BCUT2D eigenvalue weighted by Gasteiger charge is 2.23. The van der Waals surface area contributed by atoms with Gasteiger partial charge in [0.25, 0.3) is 0 Å². The number of benzene rings is 1. The van der Waals surface area contributed by atoms with Gasteiger partial charge in [-0.05, 0) is 57.1 Å². The third-order valence-corrected chi connectivity index (χ3v) is 4.06. The van der Waals surface area contributed by atoms with E-state index in [1.807, 2.05) is 6.92 Å². The fraction of sp³-hybridized carbons (Fsp3) is 0.529. The Balaban J connectivity index is 2.02. The number of anilines is 1. The Kier molecular flexibility index (Phi) is 5.51. The van der Waals surface area contributed by atoms with E-state index in [0.717, 1.165) is 18.8 Å². The summed E-state index contributed by atoms with van der Waals surface area (Å²) in [6.07, 6.45) is 4.89. The Morgan fingerprint density at radius 1 is 1.05 bits per heavy atom. The predicted molar refractivity (Wildman–Crippen MR) is 84.6 cm³/mol. The van der Waals surface area contributed by atoms with Gasteiger partial charge in [-0.15, -0.1) is 0 Å². The number of carbonyl (C=O) groups excluding carboxylic acids is 2. The molecule has 1 heterocycles. The Morgan fingerprint density at radius 2 is 1.62 bits per heavy atom. The number of Topliss-reactive ketones (excluding diaryl/α,β-unsaturated/α-hetero) is 1. The molecule has 0 aromatic heterocycles. The average molecular weight is 288 g/mol. The molecule has 1 aliphatic rings. The summed E-state index contributed by atoms with van der Waals surface area (Å²) in [6.45, 7) is 5.49. The normalized spacial score (nSPS) is 17.8. The Bertz CT molecular complexity index is 488. The number of hydrogen-bond donors (Lipinski definition) is 1. The van der Waals surface area contributed by atoms with Gasteiger partial charge in [-0.3, -0.25) is 14.5 Å². The molecule has 4 nitrogen and oxygen atoms in total. The second-order valence-corrected chi connectivity index (χ2v) is 5.75. The Morgan fingerprint density at radius 3 is 2.14 bits per heavy atom. The van der Waals surface area contributed by atoms with Crippen molar-refractivity contribution in [3.8, 4) is 0 Å². The number of nitrogens with one attached hydrogen (secondary N) is 1. The van der Waals surface area contributed by atoms with Crippen LogP contribution < -0.4 is 5.32 Å². The fourth-order valence-corrected chi connectivity index (χ4v) is 2.81. The molecule has 1 aliphatic heterocycles. The van der Waals surface area contributed by atoms with Crippen LogP contribution in [0.15, 0.2) is 24.3 Å². The lowest BCUT2D eigenvalue weighted by molar-refractivity contribution is -0.114. The number of carbonyl (C=O) groups is 2. The number of hydrogen-bond acceptors (Lipinski definition) is 3. The van der Waals surface area contributed by atoms with E-state index in [4.69, 9.17) is 0 Å². The molecule has 1 aromatic carbocycles. The van der Waals surface area contributed by atoms with Crippen molar-refractivity contribution < 1.29 is 9.59 Å². The van der Waals surface area contributed by atoms with E-state index in [1.165, 1.54) is 32.6 Å². The highest BCUT2D eigenvalue weighted by atomic mass is 16.1. The minimum atomic E-state index is -0.105.